The van der Waals surface area contributed by atoms with Gasteiger partial charge in [0.25, 0.3) is 21.6 Å². The summed E-state index contributed by atoms with van der Waals surface area (Å²) in [5.74, 6) is 1.89. The monoisotopic (exact) mass is 506 g/mol. The fourth-order valence-corrected chi connectivity index (χ4v) is 5.62. The molecule has 35 heavy (non-hydrogen) atoms. The minimum atomic E-state index is -3.82. The molecule has 0 unspecified atom stereocenters. The number of fused-ring (bicyclic) bond motifs is 1. The molecule has 3 aromatic carbocycles. The van der Waals surface area contributed by atoms with E-state index in [4.69, 9.17) is 6.42 Å². The molecule has 4 aromatic rings. The van der Waals surface area contributed by atoms with Gasteiger partial charge >= 0.3 is 0 Å². The summed E-state index contributed by atoms with van der Waals surface area (Å²) in [4.78, 5) is 27.9. The highest BCUT2D eigenvalue weighted by atomic mass is 32.2. The first-order chi connectivity index (χ1) is 16.7. The number of benzene rings is 3. The van der Waals surface area contributed by atoms with Crippen LogP contribution in [0.15, 0.2) is 82.7 Å². The van der Waals surface area contributed by atoms with Gasteiger partial charge in [-0.15, -0.1) is 6.42 Å². The molecule has 11 heteroatoms. The lowest BCUT2D eigenvalue weighted by molar-refractivity contribution is -0.384. The lowest BCUT2D eigenvalue weighted by Crippen LogP contribution is -2.26. The summed E-state index contributed by atoms with van der Waals surface area (Å²) >= 11 is 1.10. The second-order valence-electron chi connectivity index (χ2n) is 7.33. The molecule has 0 bridgehead atoms. The number of amides is 1. The standard InChI is InChI=1S/C24H18N4O5S2/c1-3-15-27-21-14-11-19(28(30)31)16-22(21)34-24(27)25-23(29)17-9-12-20(13-10-17)35(32,33)26(2)18-7-5-4-6-8-18/h1,4-14,16H,15H2,2H3. The van der Waals surface area contributed by atoms with Crippen LogP contribution in [0, 0.1) is 22.5 Å². The molecule has 0 aliphatic rings. The molecule has 176 valence electrons. The Kier molecular flexibility index (Phi) is 6.50. The zero-order chi connectivity index (χ0) is 25.2. The van der Waals surface area contributed by atoms with Crippen LogP contribution in [-0.4, -0.2) is 30.9 Å². The first kappa shape index (κ1) is 23.9. The molecule has 1 heterocycles. The molecule has 0 fully saturated rings. The molecule has 0 aliphatic heterocycles. The quantitative estimate of drug-likeness (QED) is 0.224. The van der Waals surface area contributed by atoms with Crippen molar-refractivity contribution in [3.63, 3.8) is 0 Å². The fraction of sp³-hybridized carbons (Fsp3) is 0.0833. The van der Waals surface area contributed by atoms with E-state index in [1.165, 1.54) is 43.4 Å². The zero-order valence-electron chi connectivity index (χ0n) is 18.4. The second-order valence-corrected chi connectivity index (χ2v) is 10.3. The lowest BCUT2D eigenvalue weighted by atomic mass is 10.2. The van der Waals surface area contributed by atoms with E-state index in [1.54, 1.807) is 41.0 Å². The fourth-order valence-electron chi connectivity index (χ4n) is 3.36. The van der Waals surface area contributed by atoms with Crippen molar-refractivity contribution in [3.05, 3.63) is 93.3 Å². The summed E-state index contributed by atoms with van der Waals surface area (Å²) in [5, 5.41) is 11.1. The predicted molar refractivity (Wildman–Crippen MR) is 134 cm³/mol. The predicted octanol–water partition coefficient (Wildman–Crippen LogP) is 3.81. The molecule has 0 atom stereocenters. The molecule has 1 aromatic heterocycles. The van der Waals surface area contributed by atoms with E-state index < -0.39 is 20.9 Å². The number of aromatic nitrogens is 1. The highest BCUT2D eigenvalue weighted by molar-refractivity contribution is 7.92. The molecular formula is C24H18N4O5S2. The van der Waals surface area contributed by atoms with E-state index in [1.807, 2.05) is 0 Å². The van der Waals surface area contributed by atoms with Crippen molar-refractivity contribution in [2.45, 2.75) is 11.4 Å². The summed E-state index contributed by atoms with van der Waals surface area (Å²) in [6.45, 7) is 0.118. The zero-order valence-corrected chi connectivity index (χ0v) is 20.0. The lowest BCUT2D eigenvalue weighted by Gasteiger charge is -2.19. The number of sulfonamides is 1. The van der Waals surface area contributed by atoms with Crippen LogP contribution in [0.3, 0.4) is 0 Å². The molecule has 0 aliphatic carbocycles. The Morgan fingerprint density at radius 3 is 2.46 bits per heavy atom. The number of rotatable bonds is 6. The van der Waals surface area contributed by atoms with Gasteiger partial charge in [0, 0.05) is 24.7 Å². The SMILES string of the molecule is C#CCn1c(=NC(=O)c2ccc(S(=O)(=O)N(C)c3ccccc3)cc2)sc2cc([N+](=O)[O-])ccc21. The third-order valence-electron chi connectivity index (χ3n) is 5.20. The molecule has 0 radical (unpaired) electrons. The van der Waals surface area contributed by atoms with Gasteiger partial charge in [0.2, 0.25) is 0 Å². The highest BCUT2D eigenvalue weighted by Gasteiger charge is 2.21. The van der Waals surface area contributed by atoms with E-state index in [2.05, 4.69) is 10.9 Å². The molecule has 0 saturated carbocycles. The number of hydrogen-bond donors (Lipinski definition) is 0. The molecule has 0 spiro atoms. The minimum Gasteiger partial charge on any atom is -0.305 e. The van der Waals surface area contributed by atoms with Gasteiger partial charge < -0.3 is 4.57 Å². The van der Waals surface area contributed by atoms with Crippen molar-refractivity contribution in [2.75, 3.05) is 11.4 Å². The molecule has 1 amide bonds. The van der Waals surface area contributed by atoms with Gasteiger partial charge in [-0.1, -0.05) is 35.5 Å². The molecule has 4 rings (SSSR count). The number of anilines is 1. The number of terminal acetylenes is 1. The summed E-state index contributed by atoms with van der Waals surface area (Å²) in [5.41, 5.74) is 1.23. The normalized spacial score (nSPS) is 11.8. The Balaban J connectivity index is 1.68. The Hall–Kier alpha value is -4.27. The van der Waals surface area contributed by atoms with Gasteiger partial charge in [-0.25, -0.2) is 8.42 Å². The maximum absolute atomic E-state index is 12.9. The number of nitro benzene ring substituents is 1. The van der Waals surface area contributed by atoms with E-state index >= 15 is 0 Å². The van der Waals surface area contributed by atoms with Gasteiger partial charge in [0.15, 0.2) is 4.80 Å². The van der Waals surface area contributed by atoms with E-state index in [-0.39, 0.29) is 27.5 Å². The van der Waals surface area contributed by atoms with Crippen molar-refractivity contribution >= 4 is 48.9 Å². The van der Waals surface area contributed by atoms with Gasteiger partial charge in [0.05, 0.1) is 32.3 Å². The molecule has 0 saturated heterocycles. The first-order valence-electron chi connectivity index (χ1n) is 10.2. The summed E-state index contributed by atoms with van der Waals surface area (Å²) < 4.78 is 29.2. The number of thiazole rings is 1. The number of nitrogens with zero attached hydrogens (tertiary/aromatic N) is 4. The highest BCUT2D eigenvalue weighted by Crippen LogP contribution is 2.24. The number of hydrogen-bond acceptors (Lipinski definition) is 6. The number of para-hydroxylation sites is 1. The number of carbonyl (C=O) groups is 1. The van der Waals surface area contributed by atoms with Crippen molar-refractivity contribution in [2.24, 2.45) is 4.99 Å². The number of non-ortho nitro benzene ring substituents is 1. The minimum absolute atomic E-state index is 0.0250. The van der Waals surface area contributed by atoms with Crippen molar-refractivity contribution in [1.82, 2.24) is 4.57 Å². The van der Waals surface area contributed by atoms with Crippen LogP contribution >= 0.6 is 11.3 Å². The van der Waals surface area contributed by atoms with Crippen LogP contribution in [0.4, 0.5) is 11.4 Å². The van der Waals surface area contributed by atoms with Gasteiger partial charge in [0.1, 0.15) is 0 Å². The van der Waals surface area contributed by atoms with Crippen LogP contribution in [0.25, 0.3) is 10.2 Å². The third-order valence-corrected chi connectivity index (χ3v) is 8.04. The second kappa shape index (κ2) is 9.54. The Bertz CT molecular complexity index is 1650. The Morgan fingerprint density at radius 2 is 1.83 bits per heavy atom. The average Bonchev–Trinajstić information content (AvgIpc) is 3.20. The van der Waals surface area contributed by atoms with Gasteiger partial charge in [-0.2, -0.15) is 4.99 Å². The summed E-state index contributed by atoms with van der Waals surface area (Å²) in [7, 11) is -2.37. The third kappa shape index (κ3) is 4.70. The van der Waals surface area contributed by atoms with Gasteiger partial charge in [-0.3, -0.25) is 19.2 Å². The van der Waals surface area contributed by atoms with E-state index in [9.17, 15) is 23.3 Å². The average molecular weight is 507 g/mol. The van der Waals surface area contributed by atoms with Crippen LogP contribution in [-0.2, 0) is 16.6 Å². The molecule has 9 nitrogen and oxygen atoms in total. The molecular weight excluding hydrogens is 488 g/mol. The van der Waals surface area contributed by atoms with Crippen molar-refractivity contribution in [3.8, 4) is 12.3 Å². The largest absolute Gasteiger partial charge is 0.305 e. The topological polar surface area (TPSA) is 115 Å². The summed E-state index contributed by atoms with van der Waals surface area (Å²) in [6, 6.07) is 18.4. The number of nitro groups is 1. The van der Waals surface area contributed by atoms with Gasteiger partial charge in [-0.05, 0) is 42.5 Å². The maximum atomic E-state index is 12.9. The number of carbonyl (C=O) groups excluding carboxylic acids is 1. The Morgan fingerprint density at radius 1 is 1.14 bits per heavy atom. The molecule has 0 N–H and O–H groups in total. The van der Waals surface area contributed by atoms with Crippen LogP contribution < -0.4 is 9.11 Å². The van der Waals surface area contributed by atoms with Crippen molar-refractivity contribution < 1.29 is 18.1 Å². The van der Waals surface area contributed by atoms with E-state index in [0.717, 1.165) is 15.6 Å². The van der Waals surface area contributed by atoms with Crippen LogP contribution in [0.5, 0.6) is 0 Å². The van der Waals surface area contributed by atoms with Crippen LogP contribution in [0.1, 0.15) is 10.4 Å². The summed E-state index contributed by atoms with van der Waals surface area (Å²) in [6.07, 6.45) is 5.46. The van der Waals surface area contributed by atoms with Crippen molar-refractivity contribution in [1.29, 1.82) is 0 Å². The van der Waals surface area contributed by atoms with E-state index in [0.29, 0.717) is 15.9 Å². The first-order valence-corrected chi connectivity index (χ1v) is 12.4. The maximum Gasteiger partial charge on any atom is 0.279 e. The Labute approximate surface area is 204 Å². The van der Waals surface area contributed by atoms with Crippen LogP contribution in [0.2, 0.25) is 0 Å². The smallest absolute Gasteiger partial charge is 0.279 e.